The summed E-state index contributed by atoms with van der Waals surface area (Å²) < 4.78 is 0. The SMILES string of the molecule is Cc1cc(Cl)cc(Cl)c1N=CN(C)C=Nc1c(C)cc(Cl)cc1Cl. The molecule has 0 aliphatic heterocycles. The van der Waals surface area contributed by atoms with E-state index in [1.165, 1.54) is 0 Å². The standard InChI is InChI=1S/C17H15Cl4N3/c1-10-4-12(18)6-14(20)16(10)22-8-24(3)9-23-17-11(2)5-13(19)7-15(17)21/h4-9H,1-3H3. The smallest absolute Gasteiger partial charge is 0.0961 e. The normalized spacial score (nSPS) is 11.6. The predicted molar refractivity (Wildman–Crippen MR) is 106 cm³/mol. The number of benzene rings is 2. The van der Waals surface area contributed by atoms with Gasteiger partial charge in [-0.2, -0.15) is 0 Å². The van der Waals surface area contributed by atoms with Gasteiger partial charge in [0.1, 0.15) is 0 Å². The molecule has 0 aliphatic carbocycles. The highest BCUT2D eigenvalue weighted by Gasteiger charge is 2.06. The lowest BCUT2D eigenvalue weighted by atomic mass is 10.2. The quantitative estimate of drug-likeness (QED) is 0.405. The topological polar surface area (TPSA) is 28.0 Å². The average Bonchev–Trinajstić information content (AvgIpc) is 2.44. The van der Waals surface area contributed by atoms with E-state index in [1.54, 1.807) is 29.7 Å². The van der Waals surface area contributed by atoms with Gasteiger partial charge in [0, 0.05) is 17.1 Å². The van der Waals surface area contributed by atoms with Crippen LogP contribution in [0.15, 0.2) is 34.3 Å². The maximum atomic E-state index is 6.17. The van der Waals surface area contributed by atoms with Crippen molar-refractivity contribution in [2.75, 3.05) is 7.05 Å². The van der Waals surface area contributed by atoms with Gasteiger partial charge in [0.15, 0.2) is 0 Å². The predicted octanol–water partition coefficient (Wildman–Crippen LogP) is 6.87. The highest BCUT2D eigenvalue weighted by atomic mass is 35.5. The molecular formula is C17H15Cl4N3. The zero-order valence-electron chi connectivity index (χ0n) is 13.3. The van der Waals surface area contributed by atoms with E-state index in [9.17, 15) is 0 Å². The molecule has 0 amide bonds. The van der Waals surface area contributed by atoms with Crippen molar-refractivity contribution in [2.24, 2.45) is 9.98 Å². The number of halogens is 4. The molecule has 0 spiro atoms. The van der Waals surface area contributed by atoms with E-state index < -0.39 is 0 Å². The van der Waals surface area contributed by atoms with E-state index in [2.05, 4.69) is 9.98 Å². The summed E-state index contributed by atoms with van der Waals surface area (Å²) in [7, 11) is 1.81. The monoisotopic (exact) mass is 401 g/mol. The first-order valence-corrected chi connectivity index (χ1v) is 8.50. The van der Waals surface area contributed by atoms with Crippen molar-refractivity contribution in [1.82, 2.24) is 4.90 Å². The third-order valence-electron chi connectivity index (χ3n) is 3.18. The lowest BCUT2D eigenvalue weighted by molar-refractivity contribution is 0.801. The fourth-order valence-electron chi connectivity index (χ4n) is 2.04. The van der Waals surface area contributed by atoms with Gasteiger partial charge in [0.25, 0.3) is 0 Å². The van der Waals surface area contributed by atoms with Gasteiger partial charge in [-0.25, -0.2) is 9.98 Å². The van der Waals surface area contributed by atoms with Crippen LogP contribution in [0.1, 0.15) is 11.1 Å². The van der Waals surface area contributed by atoms with Crippen LogP contribution in [0, 0.1) is 13.8 Å². The van der Waals surface area contributed by atoms with Crippen LogP contribution in [-0.2, 0) is 0 Å². The fraction of sp³-hybridized carbons (Fsp3) is 0.176. The van der Waals surface area contributed by atoms with Crippen LogP contribution >= 0.6 is 46.4 Å². The third-order valence-corrected chi connectivity index (χ3v) is 4.19. The molecule has 0 atom stereocenters. The van der Waals surface area contributed by atoms with Gasteiger partial charge in [0.2, 0.25) is 0 Å². The Morgan fingerprint density at radius 1 is 0.750 bits per heavy atom. The average molecular weight is 403 g/mol. The first-order chi connectivity index (χ1) is 11.3. The van der Waals surface area contributed by atoms with E-state index in [0.29, 0.717) is 31.5 Å². The molecule has 0 radical (unpaired) electrons. The lowest BCUT2D eigenvalue weighted by Gasteiger charge is -2.09. The number of rotatable bonds is 4. The molecule has 0 aromatic heterocycles. The van der Waals surface area contributed by atoms with Crippen molar-refractivity contribution in [2.45, 2.75) is 13.8 Å². The zero-order chi connectivity index (χ0) is 17.9. The summed E-state index contributed by atoms with van der Waals surface area (Å²) in [6.45, 7) is 3.80. The van der Waals surface area contributed by atoms with Gasteiger partial charge in [-0.15, -0.1) is 0 Å². The first kappa shape index (κ1) is 19.1. The molecule has 0 N–H and O–H groups in total. The molecule has 2 rings (SSSR count). The Morgan fingerprint density at radius 2 is 1.12 bits per heavy atom. The van der Waals surface area contributed by atoms with Gasteiger partial charge in [-0.3, -0.25) is 0 Å². The largest absolute Gasteiger partial charge is 0.326 e. The Hall–Kier alpha value is -1.26. The second-order valence-corrected chi connectivity index (χ2v) is 6.95. The minimum atomic E-state index is 0.498. The molecule has 0 saturated carbocycles. The maximum Gasteiger partial charge on any atom is 0.0961 e. The Balaban J connectivity index is 2.18. The molecule has 7 heteroatoms. The van der Waals surface area contributed by atoms with Crippen LogP contribution in [0.4, 0.5) is 11.4 Å². The molecular weight excluding hydrogens is 388 g/mol. The summed E-state index contributed by atoms with van der Waals surface area (Å²) in [4.78, 5) is 10.5. The van der Waals surface area contributed by atoms with Crippen molar-refractivity contribution in [3.8, 4) is 0 Å². The molecule has 0 unspecified atom stereocenters. The number of aryl methyl sites for hydroxylation is 2. The summed E-state index contributed by atoms with van der Waals surface area (Å²) in [5.74, 6) is 0. The van der Waals surface area contributed by atoms with Gasteiger partial charge in [-0.1, -0.05) is 46.4 Å². The Labute approximate surface area is 161 Å². The Morgan fingerprint density at radius 3 is 1.46 bits per heavy atom. The third kappa shape index (κ3) is 4.87. The minimum Gasteiger partial charge on any atom is -0.326 e. The molecule has 0 saturated heterocycles. The number of hydrogen-bond donors (Lipinski definition) is 0. The van der Waals surface area contributed by atoms with Gasteiger partial charge >= 0.3 is 0 Å². The molecule has 2 aromatic carbocycles. The highest BCUT2D eigenvalue weighted by molar-refractivity contribution is 6.37. The lowest BCUT2D eigenvalue weighted by Crippen LogP contribution is -2.12. The molecule has 0 aliphatic rings. The second kappa shape index (κ2) is 8.21. The number of aliphatic imine (C=N–C) groups is 2. The van der Waals surface area contributed by atoms with Crippen LogP contribution < -0.4 is 0 Å². The van der Waals surface area contributed by atoms with Crippen LogP contribution in [0.3, 0.4) is 0 Å². The zero-order valence-corrected chi connectivity index (χ0v) is 16.3. The molecule has 3 nitrogen and oxygen atoms in total. The van der Waals surface area contributed by atoms with Crippen molar-refractivity contribution < 1.29 is 0 Å². The van der Waals surface area contributed by atoms with Gasteiger partial charge in [0.05, 0.1) is 34.1 Å². The highest BCUT2D eigenvalue weighted by Crippen LogP contribution is 2.32. The Bertz CT molecular complexity index is 702. The van der Waals surface area contributed by atoms with Gasteiger partial charge in [-0.05, 0) is 49.2 Å². The van der Waals surface area contributed by atoms with Crippen molar-refractivity contribution >= 4 is 70.5 Å². The maximum absolute atomic E-state index is 6.17. The molecule has 24 heavy (non-hydrogen) atoms. The molecule has 0 bridgehead atoms. The van der Waals surface area contributed by atoms with Crippen molar-refractivity contribution in [3.63, 3.8) is 0 Å². The van der Waals surface area contributed by atoms with Crippen LogP contribution in [0.2, 0.25) is 20.1 Å². The van der Waals surface area contributed by atoms with Gasteiger partial charge < -0.3 is 4.90 Å². The molecule has 2 aromatic rings. The van der Waals surface area contributed by atoms with E-state index in [-0.39, 0.29) is 0 Å². The van der Waals surface area contributed by atoms with Crippen molar-refractivity contribution in [1.29, 1.82) is 0 Å². The van der Waals surface area contributed by atoms with Crippen LogP contribution in [0.5, 0.6) is 0 Å². The first-order valence-electron chi connectivity index (χ1n) is 6.99. The molecule has 126 valence electrons. The molecule has 0 fully saturated rings. The van der Waals surface area contributed by atoms with E-state index in [0.717, 1.165) is 11.1 Å². The summed E-state index contributed by atoms with van der Waals surface area (Å²) in [5, 5.41) is 2.16. The van der Waals surface area contributed by atoms with Crippen LogP contribution in [-0.4, -0.2) is 24.6 Å². The van der Waals surface area contributed by atoms with E-state index in [4.69, 9.17) is 46.4 Å². The van der Waals surface area contributed by atoms with E-state index in [1.807, 2.05) is 33.0 Å². The number of hydrogen-bond acceptors (Lipinski definition) is 2. The fourth-order valence-corrected chi connectivity index (χ4v) is 3.33. The summed E-state index contributed by atoms with van der Waals surface area (Å²) in [6, 6.07) is 6.94. The summed E-state index contributed by atoms with van der Waals surface area (Å²) >= 11 is 24.2. The second-order valence-electron chi connectivity index (χ2n) is 5.26. The summed E-state index contributed by atoms with van der Waals surface area (Å²) in [6.07, 6.45) is 3.23. The minimum absolute atomic E-state index is 0.498. The Kier molecular flexibility index (Phi) is 6.53. The van der Waals surface area contributed by atoms with Crippen LogP contribution in [0.25, 0.3) is 0 Å². The van der Waals surface area contributed by atoms with Crippen molar-refractivity contribution in [3.05, 3.63) is 55.5 Å². The summed E-state index contributed by atoms with van der Waals surface area (Å²) in [5.41, 5.74) is 3.13. The molecule has 0 heterocycles. The number of nitrogens with zero attached hydrogens (tertiary/aromatic N) is 3. The van der Waals surface area contributed by atoms with E-state index >= 15 is 0 Å².